The summed E-state index contributed by atoms with van der Waals surface area (Å²) in [4.78, 5) is 11.4. The van der Waals surface area contributed by atoms with Crippen molar-refractivity contribution in [3.8, 4) is 0 Å². The second kappa shape index (κ2) is 3.47. The van der Waals surface area contributed by atoms with Crippen LogP contribution in [0.1, 0.15) is 20.3 Å². The Morgan fingerprint density at radius 1 is 1.38 bits per heavy atom. The lowest BCUT2D eigenvalue weighted by molar-refractivity contribution is -0.124. The van der Waals surface area contributed by atoms with Gasteiger partial charge in [-0.3, -0.25) is 4.79 Å². The van der Waals surface area contributed by atoms with E-state index in [-0.39, 0.29) is 6.42 Å². The van der Waals surface area contributed by atoms with Crippen LogP contribution in [0.5, 0.6) is 0 Å². The first kappa shape index (κ1) is 13.0. The number of alkyl halides is 3. The molecular formula is C8H9F3O4S. The number of rotatable bonds is 2. The lowest BCUT2D eigenvalue weighted by Crippen LogP contribution is -2.28. The van der Waals surface area contributed by atoms with Crippen molar-refractivity contribution in [1.82, 2.24) is 0 Å². The third-order valence-corrected chi connectivity index (χ3v) is 3.09. The number of allylic oxidation sites excluding steroid dienone is 2. The average Bonchev–Trinajstić information content (AvgIpc) is 2.29. The first-order valence-electron chi connectivity index (χ1n) is 4.23. The highest BCUT2D eigenvalue weighted by molar-refractivity contribution is 7.87. The molecule has 0 saturated carbocycles. The van der Waals surface area contributed by atoms with Crippen molar-refractivity contribution in [3.05, 3.63) is 11.8 Å². The van der Waals surface area contributed by atoms with Gasteiger partial charge in [-0.25, -0.2) is 0 Å². The number of Topliss-reactive ketones (excluding diaryl/α,β-unsaturated/α-hetero) is 1. The SMILES string of the molecule is CC1(C)CC=C(OS(=O)(=O)C(F)(F)F)C1=O. The van der Waals surface area contributed by atoms with Crippen molar-refractivity contribution in [1.29, 1.82) is 0 Å². The molecule has 1 rings (SSSR count). The molecule has 4 nitrogen and oxygen atoms in total. The van der Waals surface area contributed by atoms with E-state index in [1.165, 1.54) is 13.8 Å². The second-order valence-electron chi connectivity index (χ2n) is 3.97. The zero-order chi connectivity index (χ0) is 12.8. The Balaban J connectivity index is 2.92. The Kier molecular flexibility index (Phi) is 2.83. The first-order valence-corrected chi connectivity index (χ1v) is 5.64. The summed E-state index contributed by atoms with van der Waals surface area (Å²) in [7, 11) is -5.75. The number of halogens is 3. The van der Waals surface area contributed by atoms with E-state index >= 15 is 0 Å². The number of carbonyl (C=O) groups excluding carboxylic acids is 1. The van der Waals surface area contributed by atoms with Gasteiger partial charge in [0, 0.05) is 5.41 Å². The summed E-state index contributed by atoms with van der Waals surface area (Å²) < 4.78 is 60.9. The summed E-state index contributed by atoms with van der Waals surface area (Å²) in [5.74, 6) is -1.51. The van der Waals surface area contributed by atoms with Crippen LogP contribution in [-0.4, -0.2) is 19.7 Å². The number of ketones is 1. The van der Waals surface area contributed by atoms with Crippen LogP contribution in [0.2, 0.25) is 0 Å². The molecule has 0 radical (unpaired) electrons. The Morgan fingerprint density at radius 2 is 1.88 bits per heavy atom. The van der Waals surface area contributed by atoms with Crippen LogP contribution >= 0.6 is 0 Å². The molecule has 0 amide bonds. The molecule has 0 heterocycles. The molecule has 92 valence electrons. The lowest BCUT2D eigenvalue weighted by atomic mass is 9.90. The van der Waals surface area contributed by atoms with Crippen LogP contribution < -0.4 is 0 Å². The van der Waals surface area contributed by atoms with E-state index in [0.717, 1.165) is 6.08 Å². The zero-order valence-corrected chi connectivity index (χ0v) is 9.28. The molecule has 0 spiro atoms. The smallest absolute Gasteiger partial charge is 0.373 e. The minimum absolute atomic E-state index is 0.147. The molecule has 0 aliphatic heterocycles. The van der Waals surface area contributed by atoms with Gasteiger partial charge in [-0.2, -0.15) is 21.6 Å². The van der Waals surface area contributed by atoms with Crippen molar-refractivity contribution >= 4 is 15.9 Å². The highest BCUT2D eigenvalue weighted by atomic mass is 32.2. The molecule has 0 unspecified atom stereocenters. The summed E-state index contributed by atoms with van der Waals surface area (Å²) in [5.41, 5.74) is -6.45. The molecule has 1 aliphatic rings. The molecular weight excluding hydrogens is 249 g/mol. The lowest BCUT2D eigenvalue weighted by Gasteiger charge is -2.15. The van der Waals surface area contributed by atoms with Gasteiger partial charge in [0.1, 0.15) is 0 Å². The monoisotopic (exact) mass is 258 g/mol. The molecule has 0 atom stereocenters. The molecule has 0 bridgehead atoms. The maximum absolute atomic E-state index is 12.0. The minimum atomic E-state index is -5.75. The van der Waals surface area contributed by atoms with E-state index in [4.69, 9.17) is 0 Å². The maximum Gasteiger partial charge on any atom is 0.534 e. The van der Waals surface area contributed by atoms with Gasteiger partial charge < -0.3 is 4.18 Å². The van der Waals surface area contributed by atoms with Gasteiger partial charge in [-0.05, 0) is 12.5 Å². The second-order valence-corrected chi connectivity index (χ2v) is 5.51. The topological polar surface area (TPSA) is 60.4 Å². The van der Waals surface area contributed by atoms with Crippen molar-refractivity contribution in [2.45, 2.75) is 25.8 Å². The van der Waals surface area contributed by atoms with Gasteiger partial charge in [0.15, 0.2) is 5.76 Å². The molecule has 16 heavy (non-hydrogen) atoms. The Bertz CT molecular complexity index is 444. The normalized spacial score (nSPS) is 20.8. The standard InChI is InChI=1S/C8H9F3O4S/c1-7(2)4-3-5(6(7)12)15-16(13,14)8(9,10)11/h3H,4H2,1-2H3. The van der Waals surface area contributed by atoms with E-state index < -0.39 is 32.6 Å². The van der Waals surface area contributed by atoms with Crippen molar-refractivity contribution < 1.29 is 30.6 Å². The Labute approximate surface area is 90.2 Å². The van der Waals surface area contributed by atoms with Crippen LogP contribution in [-0.2, 0) is 19.1 Å². The van der Waals surface area contributed by atoms with Crippen LogP contribution in [0, 0.1) is 5.41 Å². The van der Waals surface area contributed by atoms with Gasteiger partial charge in [0.2, 0.25) is 5.78 Å². The molecule has 0 fully saturated rings. The first-order chi connectivity index (χ1) is 6.97. The van der Waals surface area contributed by atoms with Crippen molar-refractivity contribution in [3.63, 3.8) is 0 Å². The summed E-state index contributed by atoms with van der Waals surface area (Å²) >= 11 is 0. The fourth-order valence-electron chi connectivity index (χ4n) is 1.10. The highest BCUT2D eigenvalue weighted by Gasteiger charge is 2.50. The van der Waals surface area contributed by atoms with Gasteiger partial charge in [-0.15, -0.1) is 0 Å². The molecule has 0 N–H and O–H groups in total. The van der Waals surface area contributed by atoms with Crippen LogP contribution in [0.4, 0.5) is 13.2 Å². The highest BCUT2D eigenvalue weighted by Crippen LogP contribution is 2.36. The summed E-state index contributed by atoms with van der Waals surface area (Å²) in [6, 6.07) is 0. The summed E-state index contributed by atoms with van der Waals surface area (Å²) in [6.45, 7) is 2.98. The summed E-state index contributed by atoms with van der Waals surface area (Å²) in [6.07, 6.45) is 1.19. The van der Waals surface area contributed by atoms with Crippen molar-refractivity contribution in [2.24, 2.45) is 5.41 Å². The zero-order valence-electron chi connectivity index (χ0n) is 8.46. The number of carbonyl (C=O) groups is 1. The molecule has 1 aliphatic carbocycles. The third-order valence-electron chi connectivity index (χ3n) is 2.12. The van der Waals surface area contributed by atoms with Gasteiger partial charge in [0.05, 0.1) is 0 Å². The van der Waals surface area contributed by atoms with Crippen molar-refractivity contribution in [2.75, 3.05) is 0 Å². The van der Waals surface area contributed by atoms with E-state index in [9.17, 15) is 26.4 Å². The van der Waals surface area contributed by atoms with E-state index in [1.54, 1.807) is 0 Å². The minimum Gasteiger partial charge on any atom is -0.373 e. The number of hydrogen-bond acceptors (Lipinski definition) is 4. The fraction of sp³-hybridized carbons (Fsp3) is 0.625. The molecule has 0 aromatic heterocycles. The van der Waals surface area contributed by atoms with Gasteiger partial charge in [0.25, 0.3) is 0 Å². The fourth-order valence-corrected chi connectivity index (χ4v) is 1.58. The van der Waals surface area contributed by atoms with E-state index in [0.29, 0.717) is 0 Å². The number of hydrogen-bond donors (Lipinski definition) is 0. The molecule has 0 aromatic carbocycles. The molecule has 0 saturated heterocycles. The Hall–Kier alpha value is -1.05. The predicted octanol–water partition coefficient (Wildman–Crippen LogP) is 1.74. The third kappa shape index (κ3) is 2.21. The van der Waals surface area contributed by atoms with Crippen LogP contribution in [0.25, 0.3) is 0 Å². The quantitative estimate of drug-likeness (QED) is 0.559. The molecule has 0 aromatic rings. The Morgan fingerprint density at radius 3 is 2.19 bits per heavy atom. The van der Waals surface area contributed by atoms with Gasteiger partial charge in [-0.1, -0.05) is 13.8 Å². The van der Waals surface area contributed by atoms with E-state index in [1.807, 2.05) is 0 Å². The molecule has 8 heteroatoms. The van der Waals surface area contributed by atoms with Crippen LogP contribution in [0.3, 0.4) is 0 Å². The van der Waals surface area contributed by atoms with Crippen LogP contribution in [0.15, 0.2) is 11.8 Å². The largest absolute Gasteiger partial charge is 0.534 e. The van der Waals surface area contributed by atoms with E-state index in [2.05, 4.69) is 4.18 Å². The predicted molar refractivity (Wildman–Crippen MR) is 47.5 cm³/mol. The maximum atomic E-state index is 12.0. The average molecular weight is 258 g/mol. The van der Waals surface area contributed by atoms with Gasteiger partial charge >= 0.3 is 15.6 Å². The summed E-state index contributed by atoms with van der Waals surface area (Å²) in [5, 5.41) is 0.